The average molecular weight is 270 g/mol. The molecule has 0 fully saturated rings. The van der Waals surface area contributed by atoms with Crippen LogP contribution in [-0.4, -0.2) is 29.2 Å². The van der Waals surface area contributed by atoms with Crippen LogP contribution in [0.3, 0.4) is 0 Å². The number of hydrogen-bond donors (Lipinski definition) is 2. The first-order valence-electron chi connectivity index (χ1n) is 6.06. The van der Waals surface area contributed by atoms with Crippen molar-refractivity contribution in [2.75, 3.05) is 20.0 Å². The highest BCUT2D eigenvalue weighted by Crippen LogP contribution is 2.37. The minimum Gasteiger partial charge on any atom is -0.496 e. The maximum Gasteiger partial charge on any atom is 0.180 e. The number of nitrogens with two attached hydrogens (primary N) is 1. The summed E-state index contributed by atoms with van der Waals surface area (Å²) in [5.41, 5.74) is 7.80. The SMILES string of the molecule is COc1cccc(OC)c1-c1nc2nc(N)ccc2[nH]1. The Kier molecular flexibility index (Phi) is 2.90. The van der Waals surface area contributed by atoms with Gasteiger partial charge in [-0.3, -0.25) is 0 Å². The van der Waals surface area contributed by atoms with E-state index in [0.29, 0.717) is 28.8 Å². The van der Waals surface area contributed by atoms with E-state index in [1.54, 1.807) is 20.3 Å². The zero-order chi connectivity index (χ0) is 14.1. The van der Waals surface area contributed by atoms with Gasteiger partial charge in [-0.25, -0.2) is 9.97 Å². The molecule has 2 aromatic heterocycles. The Labute approximate surface area is 115 Å². The fourth-order valence-corrected chi connectivity index (χ4v) is 2.11. The van der Waals surface area contributed by atoms with Gasteiger partial charge in [-0.05, 0) is 24.3 Å². The summed E-state index contributed by atoms with van der Waals surface area (Å²) in [6.45, 7) is 0. The number of benzene rings is 1. The van der Waals surface area contributed by atoms with Crippen molar-refractivity contribution in [1.82, 2.24) is 15.0 Å². The molecular weight excluding hydrogens is 256 g/mol. The number of hydrogen-bond acceptors (Lipinski definition) is 5. The van der Waals surface area contributed by atoms with E-state index in [1.807, 2.05) is 24.3 Å². The maximum atomic E-state index is 5.67. The maximum absolute atomic E-state index is 5.67. The zero-order valence-electron chi connectivity index (χ0n) is 11.2. The van der Waals surface area contributed by atoms with Crippen LogP contribution in [-0.2, 0) is 0 Å². The highest BCUT2D eigenvalue weighted by Gasteiger charge is 2.16. The number of fused-ring (bicyclic) bond motifs is 1. The molecule has 6 nitrogen and oxygen atoms in total. The largest absolute Gasteiger partial charge is 0.496 e. The Balaban J connectivity index is 2.24. The summed E-state index contributed by atoms with van der Waals surface area (Å²) in [4.78, 5) is 11.8. The van der Waals surface area contributed by atoms with Gasteiger partial charge in [0, 0.05) is 0 Å². The number of ether oxygens (including phenoxy) is 2. The molecular formula is C14H14N4O2. The number of nitrogen functional groups attached to an aromatic ring is 1. The summed E-state index contributed by atoms with van der Waals surface area (Å²) in [6, 6.07) is 9.14. The fourth-order valence-electron chi connectivity index (χ4n) is 2.11. The topological polar surface area (TPSA) is 86.1 Å². The molecule has 0 amide bonds. The third-order valence-corrected chi connectivity index (χ3v) is 3.03. The number of H-pyrrole nitrogens is 1. The average Bonchev–Trinajstić information content (AvgIpc) is 2.88. The molecule has 2 heterocycles. The van der Waals surface area contributed by atoms with Crippen LogP contribution < -0.4 is 15.2 Å². The molecule has 0 saturated heterocycles. The van der Waals surface area contributed by atoms with Gasteiger partial charge in [0.05, 0.1) is 19.7 Å². The van der Waals surface area contributed by atoms with Crippen molar-refractivity contribution in [1.29, 1.82) is 0 Å². The molecule has 0 atom stereocenters. The zero-order valence-corrected chi connectivity index (χ0v) is 11.2. The highest BCUT2D eigenvalue weighted by molar-refractivity contribution is 5.81. The number of rotatable bonds is 3. The molecule has 0 radical (unpaired) electrons. The lowest BCUT2D eigenvalue weighted by molar-refractivity contribution is 0.397. The Morgan fingerprint density at radius 1 is 1.00 bits per heavy atom. The number of pyridine rings is 1. The highest BCUT2D eigenvalue weighted by atomic mass is 16.5. The van der Waals surface area contributed by atoms with Crippen molar-refractivity contribution in [3.63, 3.8) is 0 Å². The van der Waals surface area contributed by atoms with E-state index < -0.39 is 0 Å². The lowest BCUT2D eigenvalue weighted by atomic mass is 10.1. The lowest BCUT2D eigenvalue weighted by Gasteiger charge is -2.10. The first kappa shape index (κ1) is 12.3. The molecule has 20 heavy (non-hydrogen) atoms. The van der Waals surface area contributed by atoms with Crippen LogP contribution in [0.4, 0.5) is 5.82 Å². The number of nitrogens with one attached hydrogen (secondary N) is 1. The first-order valence-corrected chi connectivity index (χ1v) is 6.06. The predicted molar refractivity (Wildman–Crippen MR) is 76.8 cm³/mol. The van der Waals surface area contributed by atoms with E-state index in [-0.39, 0.29) is 0 Å². The molecule has 3 rings (SSSR count). The molecule has 102 valence electrons. The van der Waals surface area contributed by atoms with Gasteiger partial charge in [-0.1, -0.05) is 6.07 Å². The third kappa shape index (κ3) is 1.91. The molecule has 0 aliphatic rings. The van der Waals surface area contributed by atoms with E-state index in [0.717, 1.165) is 11.1 Å². The van der Waals surface area contributed by atoms with E-state index in [2.05, 4.69) is 15.0 Å². The molecule has 0 saturated carbocycles. The second-order valence-corrected chi connectivity index (χ2v) is 4.23. The molecule has 0 bridgehead atoms. The smallest absolute Gasteiger partial charge is 0.180 e. The first-order chi connectivity index (χ1) is 9.72. The second kappa shape index (κ2) is 4.73. The van der Waals surface area contributed by atoms with Crippen molar-refractivity contribution in [2.45, 2.75) is 0 Å². The summed E-state index contributed by atoms with van der Waals surface area (Å²) in [5.74, 6) is 2.42. The molecule has 3 aromatic rings. The van der Waals surface area contributed by atoms with Crippen molar-refractivity contribution in [3.8, 4) is 22.9 Å². The molecule has 0 spiro atoms. The Bertz CT molecular complexity index is 745. The number of aromatic nitrogens is 3. The Hall–Kier alpha value is -2.76. The van der Waals surface area contributed by atoms with E-state index >= 15 is 0 Å². The van der Waals surface area contributed by atoms with Gasteiger partial charge >= 0.3 is 0 Å². The fraction of sp³-hybridized carbons (Fsp3) is 0.143. The number of aromatic amines is 1. The van der Waals surface area contributed by atoms with E-state index in [1.165, 1.54) is 0 Å². The molecule has 0 unspecified atom stereocenters. The quantitative estimate of drug-likeness (QED) is 0.762. The predicted octanol–water partition coefficient (Wildman–Crippen LogP) is 2.22. The summed E-state index contributed by atoms with van der Waals surface area (Å²) in [5, 5.41) is 0. The van der Waals surface area contributed by atoms with Crippen LogP contribution in [0.15, 0.2) is 30.3 Å². The van der Waals surface area contributed by atoms with Crippen molar-refractivity contribution in [2.24, 2.45) is 0 Å². The van der Waals surface area contributed by atoms with Gasteiger partial charge in [-0.2, -0.15) is 0 Å². The molecule has 3 N–H and O–H groups in total. The van der Waals surface area contributed by atoms with Gasteiger partial charge < -0.3 is 20.2 Å². The van der Waals surface area contributed by atoms with Crippen molar-refractivity contribution < 1.29 is 9.47 Å². The monoisotopic (exact) mass is 270 g/mol. The standard InChI is InChI=1S/C14H14N4O2/c1-19-9-4-3-5-10(20-2)12(9)14-16-8-6-7-11(15)17-13(8)18-14/h3-7H,1-2H3,(H3,15,16,17,18). The lowest BCUT2D eigenvalue weighted by Crippen LogP contribution is -1.94. The van der Waals surface area contributed by atoms with Crippen molar-refractivity contribution >= 4 is 17.0 Å². The van der Waals surface area contributed by atoms with Gasteiger partial charge in [-0.15, -0.1) is 0 Å². The van der Waals surface area contributed by atoms with Crippen LogP contribution in [0.5, 0.6) is 11.5 Å². The van der Waals surface area contributed by atoms with Gasteiger partial charge in [0.15, 0.2) is 5.65 Å². The summed E-state index contributed by atoms with van der Waals surface area (Å²) in [7, 11) is 3.22. The number of imidazole rings is 1. The van der Waals surface area contributed by atoms with E-state index in [4.69, 9.17) is 15.2 Å². The number of methoxy groups -OCH3 is 2. The minimum absolute atomic E-state index is 0.433. The van der Waals surface area contributed by atoms with E-state index in [9.17, 15) is 0 Å². The van der Waals surface area contributed by atoms with Gasteiger partial charge in [0.1, 0.15) is 28.7 Å². The van der Waals surface area contributed by atoms with Crippen LogP contribution in [0.1, 0.15) is 0 Å². The third-order valence-electron chi connectivity index (χ3n) is 3.03. The number of anilines is 1. The minimum atomic E-state index is 0.433. The van der Waals surface area contributed by atoms with Crippen LogP contribution in [0.25, 0.3) is 22.6 Å². The molecule has 1 aromatic carbocycles. The van der Waals surface area contributed by atoms with Crippen LogP contribution in [0, 0.1) is 0 Å². The van der Waals surface area contributed by atoms with Crippen molar-refractivity contribution in [3.05, 3.63) is 30.3 Å². The molecule has 6 heteroatoms. The van der Waals surface area contributed by atoms with Gasteiger partial charge in [0.2, 0.25) is 0 Å². The number of nitrogens with zero attached hydrogens (tertiary/aromatic N) is 2. The normalized spacial score (nSPS) is 10.7. The Morgan fingerprint density at radius 3 is 2.35 bits per heavy atom. The van der Waals surface area contributed by atoms with Crippen LogP contribution >= 0.6 is 0 Å². The molecule has 0 aliphatic heterocycles. The summed E-state index contributed by atoms with van der Waals surface area (Å²) in [6.07, 6.45) is 0. The Morgan fingerprint density at radius 2 is 1.70 bits per heavy atom. The van der Waals surface area contributed by atoms with Crippen LogP contribution in [0.2, 0.25) is 0 Å². The molecule has 0 aliphatic carbocycles. The second-order valence-electron chi connectivity index (χ2n) is 4.23. The summed E-state index contributed by atoms with van der Waals surface area (Å²) >= 11 is 0. The summed E-state index contributed by atoms with van der Waals surface area (Å²) < 4.78 is 10.8. The van der Waals surface area contributed by atoms with Gasteiger partial charge in [0.25, 0.3) is 0 Å².